The van der Waals surface area contributed by atoms with E-state index < -0.39 is 0 Å². The molecule has 0 radical (unpaired) electrons. The molecule has 0 saturated heterocycles. The average Bonchev–Trinajstić information content (AvgIpc) is 3.06. The summed E-state index contributed by atoms with van der Waals surface area (Å²) in [5.41, 5.74) is 3.83. The summed E-state index contributed by atoms with van der Waals surface area (Å²) in [6, 6.07) is 6.05. The number of aromatic amines is 1. The highest BCUT2D eigenvalue weighted by Crippen LogP contribution is 2.28. The first kappa shape index (κ1) is 10.3. The Morgan fingerprint density at radius 3 is 3.16 bits per heavy atom. The first-order valence-electron chi connectivity index (χ1n) is 6.01. The van der Waals surface area contributed by atoms with Crippen molar-refractivity contribution in [1.29, 1.82) is 0 Å². The molecule has 0 unspecified atom stereocenters. The maximum absolute atomic E-state index is 5.82. The fourth-order valence-electron chi connectivity index (χ4n) is 2.22. The molecule has 0 atom stereocenters. The van der Waals surface area contributed by atoms with Crippen molar-refractivity contribution in [2.75, 3.05) is 0 Å². The van der Waals surface area contributed by atoms with E-state index >= 15 is 0 Å². The molecule has 0 bridgehead atoms. The first-order valence-corrected chi connectivity index (χ1v) is 6.01. The smallest absolute Gasteiger partial charge is 0.248 e. The Balaban J connectivity index is 1.75. The van der Waals surface area contributed by atoms with E-state index in [1.165, 1.54) is 17.5 Å². The van der Waals surface area contributed by atoms with Crippen molar-refractivity contribution in [2.24, 2.45) is 0 Å². The number of allylic oxidation sites excluding steroid dienone is 1. The highest BCUT2D eigenvalue weighted by Gasteiger charge is 2.10. The molecule has 2 heterocycles. The fraction of sp³-hybridized carbons (Fsp3) is 0.0714. The minimum Gasteiger partial charge on any atom is -0.437 e. The number of hydrogen-bond donors (Lipinski definition) is 1. The molecular weight excluding hydrogens is 240 g/mol. The van der Waals surface area contributed by atoms with E-state index in [9.17, 15) is 0 Å². The zero-order valence-corrected chi connectivity index (χ0v) is 10.00. The maximum Gasteiger partial charge on any atom is 0.248 e. The zero-order valence-electron chi connectivity index (χ0n) is 10.00. The largest absolute Gasteiger partial charge is 0.437 e. The Hall–Kier alpha value is -2.69. The number of hydrogen-bond acceptors (Lipinski definition) is 4. The molecule has 0 spiro atoms. The average molecular weight is 250 g/mol. The van der Waals surface area contributed by atoms with E-state index in [-0.39, 0.29) is 0 Å². The second-order valence-electron chi connectivity index (χ2n) is 4.35. The van der Waals surface area contributed by atoms with E-state index in [1.54, 1.807) is 6.33 Å². The van der Waals surface area contributed by atoms with Crippen molar-refractivity contribution in [3.8, 4) is 11.6 Å². The number of fused-ring (bicyclic) bond motifs is 2. The van der Waals surface area contributed by atoms with Gasteiger partial charge in [-0.3, -0.25) is 0 Å². The van der Waals surface area contributed by atoms with Crippen molar-refractivity contribution < 1.29 is 4.74 Å². The van der Waals surface area contributed by atoms with Gasteiger partial charge in [0, 0.05) is 0 Å². The van der Waals surface area contributed by atoms with Crippen LogP contribution >= 0.6 is 0 Å². The third-order valence-electron chi connectivity index (χ3n) is 3.16. The summed E-state index contributed by atoms with van der Waals surface area (Å²) in [5.74, 6) is 1.25. The van der Waals surface area contributed by atoms with E-state index in [0.29, 0.717) is 17.0 Å². The fourth-order valence-corrected chi connectivity index (χ4v) is 2.22. The van der Waals surface area contributed by atoms with Crippen LogP contribution in [0.3, 0.4) is 0 Å². The van der Waals surface area contributed by atoms with Crippen LogP contribution in [0.25, 0.3) is 17.2 Å². The molecule has 3 aromatic rings. The van der Waals surface area contributed by atoms with Gasteiger partial charge in [-0.25, -0.2) is 9.97 Å². The summed E-state index contributed by atoms with van der Waals surface area (Å²) in [6.45, 7) is 0. The predicted molar refractivity (Wildman–Crippen MR) is 70.9 cm³/mol. The van der Waals surface area contributed by atoms with Crippen LogP contribution in [0.2, 0.25) is 0 Å². The number of ether oxygens (including phenoxy) is 1. The lowest BCUT2D eigenvalue weighted by Gasteiger charge is -2.06. The number of benzene rings is 1. The Kier molecular flexibility index (Phi) is 2.11. The lowest BCUT2D eigenvalue weighted by atomic mass is 10.1. The molecule has 5 nitrogen and oxygen atoms in total. The van der Waals surface area contributed by atoms with Gasteiger partial charge in [-0.05, 0) is 29.7 Å². The molecule has 19 heavy (non-hydrogen) atoms. The number of aromatic nitrogens is 4. The SMILES string of the molecule is C1=Cc2cc(Oc3ncnc4nc[nH]c34)ccc2C1. The van der Waals surface area contributed by atoms with Crippen LogP contribution in [0.15, 0.2) is 36.9 Å². The minimum atomic E-state index is 0.490. The quantitative estimate of drug-likeness (QED) is 0.759. The molecule has 0 fully saturated rings. The van der Waals surface area contributed by atoms with Gasteiger partial charge in [0.05, 0.1) is 6.33 Å². The van der Waals surface area contributed by atoms with Crippen LogP contribution in [0.5, 0.6) is 11.6 Å². The molecule has 1 aliphatic rings. The van der Waals surface area contributed by atoms with E-state index in [0.717, 1.165) is 12.2 Å². The number of nitrogens with zero attached hydrogens (tertiary/aromatic N) is 3. The molecule has 4 rings (SSSR count). The molecule has 92 valence electrons. The highest BCUT2D eigenvalue weighted by molar-refractivity contribution is 5.75. The number of nitrogens with one attached hydrogen (secondary N) is 1. The van der Waals surface area contributed by atoms with Gasteiger partial charge in [-0.15, -0.1) is 0 Å². The summed E-state index contributed by atoms with van der Waals surface area (Å²) < 4.78 is 5.82. The van der Waals surface area contributed by atoms with Gasteiger partial charge in [0.1, 0.15) is 17.6 Å². The van der Waals surface area contributed by atoms with Gasteiger partial charge in [0.2, 0.25) is 5.88 Å². The van der Waals surface area contributed by atoms with Gasteiger partial charge in [0.25, 0.3) is 0 Å². The van der Waals surface area contributed by atoms with Crippen LogP contribution in [0.1, 0.15) is 11.1 Å². The molecule has 0 amide bonds. The standard InChI is InChI=1S/C14H10N4O/c1-2-9-4-5-11(6-10(9)3-1)19-14-12-13(16-7-15-12)17-8-18-14/h1,3-8H,2H2,(H,15,16,17,18). The van der Waals surface area contributed by atoms with Gasteiger partial charge in [-0.2, -0.15) is 4.98 Å². The van der Waals surface area contributed by atoms with Crippen LogP contribution in [0.4, 0.5) is 0 Å². The van der Waals surface area contributed by atoms with Crippen LogP contribution in [0, 0.1) is 0 Å². The Morgan fingerprint density at radius 2 is 2.16 bits per heavy atom. The maximum atomic E-state index is 5.82. The lowest BCUT2D eigenvalue weighted by molar-refractivity contribution is 0.467. The van der Waals surface area contributed by atoms with Gasteiger partial charge in [-0.1, -0.05) is 18.2 Å². The summed E-state index contributed by atoms with van der Waals surface area (Å²) in [4.78, 5) is 15.3. The highest BCUT2D eigenvalue weighted by atomic mass is 16.5. The Labute approximate surface area is 109 Å². The van der Waals surface area contributed by atoms with Crippen LogP contribution in [-0.4, -0.2) is 19.9 Å². The third kappa shape index (κ3) is 1.67. The normalized spacial score (nSPS) is 12.8. The molecule has 2 aromatic heterocycles. The minimum absolute atomic E-state index is 0.490. The first-order chi connectivity index (χ1) is 9.40. The van der Waals surface area contributed by atoms with Crippen molar-refractivity contribution in [3.63, 3.8) is 0 Å². The van der Waals surface area contributed by atoms with E-state index in [2.05, 4.69) is 38.2 Å². The van der Waals surface area contributed by atoms with Crippen molar-refractivity contribution in [2.45, 2.75) is 6.42 Å². The molecule has 1 aliphatic carbocycles. The van der Waals surface area contributed by atoms with Crippen LogP contribution < -0.4 is 4.74 Å². The predicted octanol–water partition coefficient (Wildman–Crippen LogP) is 2.71. The summed E-state index contributed by atoms with van der Waals surface area (Å²) in [6.07, 6.45) is 8.28. The molecular formula is C14H10N4O. The summed E-state index contributed by atoms with van der Waals surface area (Å²) in [5, 5.41) is 0. The molecule has 0 aliphatic heterocycles. The molecule has 1 aromatic carbocycles. The third-order valence-corrected chi connectivity index (χ3v) is 3.16. The Bertz CT molecular complexity index is 791. The molecule has 1 N–H and O–H groups in total. The second kappa shape index (κ2) is 3.91. The van der Waals surface area contributed by atoms with Gasteiger partial charge in [0.15, 0.2) is 5.65 Å². The lowest BCUT2D eigenvalue weighted by Crippen LogP contribution is -1.92. The number of imidazole rings is 1. The zero-order chi connectivity index (χ0) is 12.7. The Morgan fingerprint density at radius 1 is 1.16 bits per heavy atom. The van der Waals surface area contributed by atoms with Crippen LogP contribution in [-0.2, 0) is 6.42 Å². The number of H-pyrrole nitrogens is 1. The topological polar surface area (TPSA) is 63.7 Å². The van der Waals surface area contributed by atoms with Crippen molar-refractivity contribution in [3.05, 3.63) is 48.1 Å². The van der Waals surface area contributed by atoms with E-state index in [1.807, 2.05) is 12.1 Å². The van der Waals surface area contributed by atoms with Gasteiger partial charge >= 0.3 is 0 Å². The summed E-state index contributed by atoms with van der Waals surface area (Å²) in [7, 11) is 0. The van der Waals surface area contributed by atoms with E-state index in [4.69, 9.17) is 4.74 Å². The summed E-state index contributed by atoms with van der Waals surface area (Å²) >= 11 is 0. The van der Waals surface area contributed by atoms with Crippen molar-refractivity contribution >= 4 is 17.2 Å². The van der Waals surface area contributed by atoms with Crippen molar-refractivity contribution in [1.82, 2.24) is 19.9 Å². The monoisotopic (exact) mass is 250 g/mol. The van der Waals surface area contributed by atoms with Gasteiger partial charge < -0.3 is 9.72 Å². The second-order valence-corrected chi connectivity index (χ2v) is 4.35. The number of rotatable bonds is 2. The molecule has 5 heteroatoms. The molecule has 0 saturated carbocycles.